The lowest BCUT2D eigenvalue weighted by Crippen LogP contribution is -2.48. The molecule has 2 aliphatic heterocycles. The number of rotatable bonds is 1. The van der Waals surface area contributed by atoms with Gasteiger partial charge in [-0.15, -0.1) is 11.3 Å². The van der Waals surface area contributed by atoms with Gasteiger partial charge in [-0.05, 0) is 6.92 Å². The third-order valence-corrected chi connectivity index (χ3v) is 5.43. The predicted octanol–water partition coefficient (Wildman–Crippen LogP) is 1.04. The normalized spacial score (nSPS) is 20.5. The molecule has 2 aromatic heterocycles. The van der Waals surface area contributed by atoms with Crippen molar-refractivity contribution >= 4 is 22.2 Å². The minimum absolute atomic E-state index is 0.119. The number of hydrogen-bond acceptors (Lipinski definition) is 6. The highest BCUT2D eigenvalue weighted by atomic mass is 32.1. The zero-order valence-corrected chi connectivity index (χ0v) is 13.6. The van der Waals surface area contributed by atoms with Crippen molar-refractivity contribution in [3.63, 3.8) is 0 Å². The van der Waals surface area contributed by atoms with Gasteiger partial charge in [0.15, 0.2) is 10.7 Å². The molecule has 23 heavy (non-hydrogen) atoms. The van der Waals surface area contributed by atoms with Gasteiger partial charge in [0.2, 0.25) is 0 Å². The Labute approximate surface area is 136 Å². The lowest BCUT2D eigenvalue weighted by molar-refractivity contribution is -0.181. The summed E-state index contributed by atoms with van der Waals surface area (Å²) in [5, 5.41) is 1.86. The lowest BCUT2D eigenvalue weighted by Gasteiger charge is -2.37. The van der Waals surface area contributed by atoms with Crippen LogP contribution < -0.4 is 5.56 Å². The molecule has 7 nitrogen and oxygen atoms in total. The van der Waals surface area contributed by atoms with E-state index >= 15 is 0 Å². The molecule has 4 heterocycles. The van der Waals surface area contributed by atoms with Gasteiger partial charge in [-0.1, -0.05) is 0 Å². The summed E-state index contributed by atoms with van der Waals surface area (Å²) in [5.41, 5.74) is 0.614. The minimum Gasteiger partial charge on any atom is -0.347 e. The van der Waals surface area contributed by atoms with Crippen molar-refractivity contribution < 1.29 is 14.3 Å². The number of aryl methyl sites for hydroxylation is 1. The number of fused-ring (bicyclic) bond motifs is 1. The summed E-state index contributed by atoms with van der Waals surface area (Å²) in [7, 11) is 0. The highest BCUT2D eigenvalue weighted by Crippen LogP contribution is 2.31. The fourth-order valence-corrected chi connectivity index (χ4v) is 4.01. The molecular formula is C15H17N3O4S. The van der Waals surface area contributed by atoms with Gasteiger partial charge in [0.05, 0.1) is 13.2 Å². The van der Waals surface area contributed by atoms with Gasteiger partial charge in [-0.3, -0.25) is 14.0 Å². The maximum atomic E-state index is 12.7. The molecule has 0 atom stereocenters. The SMILES string of the molecule is Cc1csc2ncc(C(=O)N3CCC4(CC3)OCCO4)c(=O)n12. The van der Waals surface area contributed by atoms with Crippen molar-refractivity contribution in [1.82, 2.24) is 14.3 Å². The van der Waals surface area contributed by atoms with Gasteiger partial charge in [0.1, 0.15) is 5.56 Å². The van der Waals surface area contributed by atoms with Crippen LogP contribution in [0.5, 0.6) is 0 Å². The molecule has 4 rings (SSSR count). The van der Waals surface area contributed by atoms with E-state index in [1.165, 1.54) is 21.9 Å². The van der Waals surface area contributed by atoms with E-state index in [0.29, 0.717) is 44.1 Å². The highest BCUT2D eigenvalue weighted by Gasteiger charge is 2.41. The van der Waals surface area contributed by atoms with Crippen LogP contribution in [0.4, 0.5) is 0 Å². The Morgan fingerprint density at radius 1 is 1.30 bits per heavy atom. The second-order valence-electron chi connectivity index (χ2n) is 5.87. The second kappa shape index (κ2) is 5.40. The standard InChI is InChI=1S/C15H17N3O4S/c1-10-9-23-14-16-8-11(13(20)18(10)14)12(19)17-4-2-15(3-5-17)21-6-7-22-15/h8-9H,2-7H2,1H3. The van der Waals surface area contributed by atoms with E-state index in [2.05, 4.69) is 4.98 Å². The molecule has 0 bridgehead atoms. The summed E-state index contributed by atoms with van der Waals surface area (Å²) in [6, 6.07) is 0. The van der Waals surface area contributed by atoms with Gasteiger partial charge in [-0.2, -0.15) is 0 Å². The number of hydrogen-bond donors (Lipinski definition) is 0. The molecule has 122 valence electrons. The van der Waals surface area contributed by atoms with Crippen molar-refractivity contribution in [3.8, 4) is 0 Å². The number of nitrogens with zero attached hydrogens (tertiary/aromatic N) is 3. The molecule has 0 unspecified atom stereocenters. The summed E-state index contributed by atoms with van der Waals surface area (Å²) >= 11 is 1.39. The van der Waals surface area contributed by atoms with Crippen LogP contribution in [0.15, 0.2) is 16.4 Å². The average molecular weight is 335 g/mol. The average Bonchev–Trinajstić information content (AvgIpc) is 3.16. The number of aromatic nitrogens is 2. The van der Waals surface area contributed by atoms with Gasteiger partial charge in [0.25, 0.3) is 11.5 Å². The second-order valence-corrected chi connectivity index (χ2v) is 6.71. The van der Waals surface area contributed by atoms with E-state index in [0.717, 1.165) is 5.69 Å². The molecule has 0 N–H and O–H groups in total. The Kier molecular flexibility index (Phi) is 3.47. The molecule has 2 aliphatic rings. The molecular weight excluding hydrogens is 318 g/mol. The Bertz CT molecular complexity index is 812. The van der Waals surface area contributed by atoms with Crippen molar-refractivity contribution in [1.29, 1.82) is 0 Å². The summed E-state index contributed by atoms with van der Waals surface area (Å²) in [4.78, 5) is 31.8. The molecule has 8 heteroatoms. The van der Waals surface area contributed by atoms with E-state index in [-0.39, 0.29) is 17.0 Å². The van der Waals surface area contributed by atoms with E-state index in [1.54, 1.807) is 4.90 Å². The molecule has 0 aliphatic carbocycles. The largest absolute Gasteiger partial charge is 0.347 e. The van der Waals surface area contributed by atoms with Crippen LogP contribution in [0, 0.1) is 6.92 Å². The number of likely N-dealkylation sites (tertiary alicyclic amines) is 1. The number of carbonyl (C=O) groups is 1. The minimum atomic E-state index is -0.530. The topological polar surface area (TPSA) is 73.1 Å². The fraction of sp³-hybridized carbons (Fsp3) is 0.533. The number of thiazole rings is 1. The first-order valence-electron chi connectivity index (χ1n) is 7.63. The van der Waals surface area contributed by atoms with Crippen LogP contribution in [0.1, 0.15) is 28.9 Å². The van der Waals surface area contributed by atoms with E-state index in [4.69, 9.17) is 9.47 Å². The quantitative estimate of drug-likeness (QED) is 0.779. The van der Waals surface area contributed by atoms with Crippen LogP contribution in [-0.4, -0.2) is 52.3 Å². The molecule has 0 radical (unpaired) electrons. The predicted molar refractivity (Wildman–Crippen MR) is 83.8 cm³/mol. The van der Waals surface area contributed by atoms with Crippen molar-refractivity contribution in [2.75, 3.05) is 26.3 Å². The maximum Gasteiger partial charge on any atom is 0.271 e. The van der Waals surface area contributed by atoms with E-state index < -0.39 is 5.79 Å². The Morgan fingerprint density at radius 3 is 2.70 bits per heavy atom. The lowest BCUT2D eigenvalue weighted by atomic mass is 10.0. The molecule has 2 fully saturated rings. The van der Waals surface area contributed by atoms with Crippen molar-refractivity contribution in [2.24, 2.45) is 0 Å². The number of carbonyl (C=O) groups excluding carboxylic acids is 1. The van der Waals surface area contributed by atoms with Gasteiger partial charge in [-0.25, -0.2) is 4.98 Å². The molecule has 0 saturated carbocycles. The molecule has 2 aromatic rings. The zero-order chi connectivity index (χ0) is 16.0. The van der Waals surface area contributed by atoms with Crippen LogP contribution >= 0.6 is 11.3 Å². The van der Waals surface area contributed by atoms with Crippen LogP contribution in [0.25, 0.3) is 4.96 Å². The number of ether oxygens (including phenoxy) is 2. The fourth-order valence-electron chi connectivity index (χ4n) is 3.18. The first-order chi connectivity index (χ1) is 11.1. The van der Waals surface area contributed by atoms with Gasteiger partial charge in [0, 0.05) is 43.2 Å². The molecule has 1 spiro atoms. The Morgan fingerprint density at radius 2 is 2.00 bits per heavy atom. The van der Waals surface area contributed by atoms with Gasteiger partial charge < -0.3 is 14.4 Å². The van der Waals surface area contributed by atoms with E-state index in [1.807, 2.05) is 12.3 Å². The van der Waals surface area contributed by atoms with Crippen LogP contribution in [0.2, 0.25) is 0 Å². The molecule has 2 saturated heterocycles. The number of piperidine rings is 1. The van der Waals surface area contributed by atoms with Crippen LogP contribution in [-0.2, 0) is 9.47 Å². The summed E-state index contributed by atoms with van der Waals surface area (Å²) in [5.74, 6) is -0.798. The summed E-state index contributed by atoms with van der Waals surface area (Å²) in [6.45, 7) is 4.08. The van der Waals surface area contributed by atoms with Crippen LogP contribution in [0.3, 0.4) is 0 Å². The first-order valence-corrected chi connectivity index (χ1v) is 8.51. The third-order valence-electron chi connectivity index (χ3n) is 4.47. The summed E-state index contributed by atoms with van der Waals surface area (Å²) < 4.78 is 12.8. The van der Waals surface area contributed by atoms with Crippen molar-refractivity contribution in [3.05, 3.63) is 33.2 Å². The first kappa shape index (κ1) is 14.8. The summed E-state index contributed by atoms with van der Waals surface area (Å²) in [6.07, 6.45) is 2.66. The Hall–Kier alpha value is -1.77. The van der Waals surface area contributed by atoms with E-state index in [9.17, 15) is 9.59 Å². The maximum absolute atomic E-state index is 12.7. The monoisotopic (exact) mass is 335 g/mol. The molecule has 0 aromatic carbocycles. The smallest absolute Gasteiger partial charge is 0.271 e. The number of amides is 1. The Balaban J connectivity index is 1.59. The van der Waals surface area contributed by atoms with Gasteiger partial charge >= 0.3 is 0 Å². The highest BCUT2D eigenvalue weighted by molar-refractivity contribution is 7.15. The van der Waals surface area contributed by atoms with Crippen molar-refractivity contribution in [2.45, 2.75) is 25.6 Å². The third kappa shape index (κ3) is 2.37. The zero-order valence-electron chi connectivity index (χ0n) is 12.8. The molecule has 1 amide bonds.